The van der Waals surface area contributed by atoms with E-state index in [0.29, 0.717) is 0 Å². The Labute approximate surface area is 275 Å². The molecule has 0 spiro atoms. The van der Waals surface area contributed by atoms with Gasteiger partial charge in [-0.3, -0.25) is 9.97 Å². The Morgan fingerprint density at radius 3 is 1.79 bits per heavy atom. The number of benzene rings is 5. The smallest absolute Gasteiger partial charge is 0.184 e. The molecule has 5 heteroatoms. The molecule has 3 aromatic heterocycles. The lowest BCUT2D eigenvalue weighted by Crippen LogP contribution is -2.77. The topological polar surface area (TPSA) is 34.0 Å². The maximum absolute atomic E-state index is 4.90. The van der Waals surface area contributed by atoms with Crippen LogP contribution in [0, 0.1) is 13.8 Å². The van der Waals surface area contributed by atoms with E-state index in [2.05, 4.69) is 156 Å². The summed E-state index contributed by atoms with van der Waals surface area (Å²) in [6, 6.07) is 51.6. The zero-order valence-corrected chi connectivity index (χ0v) is 27.3. The molecule has 0 N–H and O–H groups in total. The minimum atomic E-state index is -2.72. The van der Waals surface area contributed by atoms with Crippen LogP contribution < -0.4 is 25.6 Å². The third-order valence-corrected chi connectivity index (χ3v) is 14.5. The summed E-state index contributed by atoms with van der Waals surface area (Å²) < 4.78 is 2.27. The number of pyridine rings is 2. The van der Waals surface area contributed by atoms with Crippen LogP contribution in [-0.4, -0.2) is 22.6 Å². The van der Waals surface area contributed by atoms with Crippen LogP contribution in [0.15, 0.2) is 158 Å². The molecule has 0 atom stereocenters. The molecule has 0 bridgehead atoms. The lowest BCUT2D eigenvalue weighted by atomic mass is 10.1. The second kappa shape index (κ2) is 10.6. The summed E-state index contributed by atoms with van der Waals surface area (Å²) in [5.74, 6) is 0. The SMILES string of the molecule is Cc1ccc2c(c1)[Si](c1ccccc1)(c1ccccc1)c1cc(C)ccc1N2c1ccc2c(c1)c1ncccc1n2-c1cccnc1. The van der Waals surface area contributed by atoms with Crippen molar-refractivity contribution in [2.24, 2.45) is 0 Å². The summed E-state index contributed by atoms with van der Waals surface area (Å²) >= 11 is 0. The Kier molecular flexibility index (Phi) is 6.23. The predicted molar refractivity (Wildman–Crippen MR) is 198 cm³/mol. The monoisotopic (exact) mass is 620 g/mol. The van der Waals surface area contributed by atoms with Crippen LogP contribution in [-0.2, 0) is 0 Å². The molecule has 1 aliphatic rings. The summed E-state index contributed by atoms with van der Waals surface area (Å²) in [5.41, 5.74) is 10.3. The van der Waals surface area contributed by atoms with Crippen LogP contribution in [0.3, 0.4) is 0 Å². The minimum absolute atomic E-state index is 0.982. The fourth-order valence-electron chi connectivity index (χ4n) is 7.73. The third kappa shape index (κ3) is 4.06. The molecule has 0 aliphatic carbocycles. The predicted octanol–water partition coefficient (Wildman–Crippen LogP) is 7.35. The first kappa shape index (κ1) is 27.5. The number of nitrogens with zero attached hydrogens (tertiary/aromatic N) is 4. The van der Waals surface area contributed by atoms with Crippen LogP contribution in [0.25, 0.3) is 27.6 Å². The van der Waals surface area contributed by atoms with E-state index in [4.69, 9.17) is 4.98 Å². The standard InChI is InChI=1S/C42H32N4Si/c1-29-17-20-37-40(25-29)47(33-12-5-3-6-13-33,34-14-7-4-8-15-34)41-26-30(2)18-21-38(41)45(37)31-19-22-36-35(27-31)42-39(16-10-24-44-42)46(36)32-11-9-23-43-28-32/h3-28H,1-2H3. The molecule has 224 valence electrons. The van der Waals surface area contributed by atoms with E-state index < -0.39 is 8.07 Å². The maximum Gasteiger partial charge on any atom is 0.184 e. The van der Waals surface area contributed by atoms with Crippen molar-refractivity contribution < 1.29 is 0 Å². The number of rotatable bonds is 4. The van der Waals surface area contributed by atoms with Gasteiger partial charge in [0.1, 0.15) is 0 Å². The fourth-order valence-corrected chi connectivity index (χ4v) is 13.0. The van der Waals surface area contributed by atoms with Crippen molar-refractivity contribution in [3.05, 3.63) is 169 Å². The summed E-state index contributed by atoms with van der Waals surface area (Å²) in [6.45, 7) is 4.44. The first-order chi connectivity index (χ1) is 23.1. The fraction of sp³-hybridized carbons (Fsp3) is 0.0476. The first-order valence-electron chi connectivity index (χ1n) is 16.1. The van der Waals surface area contributed by atoms with Gasteiger partial charge >= 0.3 is 0 Å². The van der Waals surface area contributed by atoms with Gasteiger partial charge in [0, 0.05) is 34.8 Å². The quantitative estimate of drug-likeness (QED) is 0.193. The van der Waals surface area contributed by atoms with E-state index >= 15 is 0 Å². The molecule has 0 saturated carbocycles. The molecule has 0 unspecified atom stereocenters. The van der Waals surface area contributed by atoms with E-state index in [1.54, 1.807) is 0 Å². The molecule has 8 aromatic rings. The van der Waals surface area contributed by atoms with Gasteiger partial charge in [-0.25, -0.2) is 0 Å². The van der Waals surface area contributed by atoms with Gasteiger partial charge in [0.2, 0.25) is 0 Å². The average Bonchev–Trinajstić information content (AvgIpc) is 3.45. The second-order valence-electron chi connectivity index (χ2n) is 12.5. The van der Waals surface area contributed by atoms with Crippen molar-refractivity contribution in [3.8, 4) is 5.69 Å². The molecule has 1 aliphatic heterocycles. The van der Waals surface area contributed by atoms with Crippen molar-refractivity contribution in [2.75, 3.05) is 4.90 Å². The van der Waals surface area contributed by atoms with Crippen molar-refractivity contribution in [1.82, 2.24) is 14.5 Å². The van der Waals surface area contributed by atoms with Gasteiger partial charge in [-0.05, 0) is 89.2 Å². The molecule has 0 amide bonds. The van der Waals surface area contributed by atoms with Gasteiger partial charge in [-0.2, -0.15) is 0 Å². The van der Waals surface area contributed by atoms with Crippen molar-refractivity contribution in [1.29, 1.82) is 0 Å². The Morgan fingerprint density at radius 1 is 0.532 bits per heavy atom. The van der Waals surface area contributed by atoms with E-state index in [1.807, 2.05) is 30.7 Å². The summed E-state index contributed by atoms with van der Waals surface area (Å²) in [6.07, 6.45) is 5.62. The molecule has 0 radical (unpaired) electrons. The molecule has 4 heterocycles. The average molecular weight is 621 g/mol. The molecule has 9 rings (SSSR count). The van der Waals surface area contributed by atoms with Gasteiger partial charge in [0.05, 0.1) is 28.4 Å². The molecule has 0 saturated heterocycles. The van der Waals surface area contributed by atoms with Gasteiger partial charge in [-0.1, -0.05) is 96.1 Å². The Hall–Kier alpha value is -5.78. The second-order valence-corrected chi connectivity index (χ2v) is 16.2. The highest BCUT2D eigenvalue weighted by Gasteiger charge is 2.49. The molecule has 5 aromatic carbocycles. The van der Waals surface area contributed by atoms with Gasteiger partial charge in [0.25, 0.3) is 0 Å². The highest BCUT2D eigenvalue weighted by Crippen LogP contribution is 2.41. The number of fused-ring (bicyclic) bond motifs is 5. The Morgan fingerprint density at radius 2 is 1.17 bits per heavy atom. The van der Waals surface area contributed by atoms with E-state index in [-0.39, 0.29) is 0 Å². The van der Waals surface area contributed by atoms with Crippen LogP contribution in [0.4, 0.5) is 17.1 Å². The Bertz CT molecular complexity index is 2340. The van der Waals surface area contributed by atoms with Gasteiger partial charge < -0.3 is 9.47 Å². The summed E-state index contributed by atoms with van der Waals surface area (Å²) in [4.78, 5) is 11.8. The highest BCUT2D eigenvalue weighted by molar-refractivity contribution is 7.21. The summed E-state index contributed by atoms with van der Waals surface area (Å²) in [7, 11) is -2.72. The van der Waals surface area contributed by atoms with Crippen molar-refractivity contribution in [2.45, 2.75) is 13.8 Å². The number of anilines is 3. The van der Waals surface area contributed by atoms with E-state index in [0.717, 1.165) is 33.3 Å². The van der Waals surface area contributed by atoms with Crippen LogP contribution in [0.1, 0.15) is 11.1 Å². The van der Waals surface area contributed by atoms with Gasteiger partial charge in [-0.15, -0.1) is 0 Å². The number of hydrogen-bond acceptors (Lipinski definition) is 3. The number of aromatic nitrogens is 3. The first-order valence-corrected chi connectivity index (χ1v) is 18.1. The largest absolute Gasteiger partial charge is 0.311 e. The van der Waals surface area contributed by atoms with E-state index in [9.17, 15) is 0 Å². The normalized spacial score (nSPS) is 13.4. The van der Waals surface area contributed by atoms with Crippen molar-refractivity contribution >= 4 is 67.8 Å². The highest BCUT2D eigenvalue weighted by atomic mass is 28.3. The lowest BCUT2D eigenvalue weighted by molar-refractivity contribution is 1.14. The van der Waals surface area contributed by atoms with Crippen LogP contribution >= 0.6 is 0 Å². The number of hydrogen-bond donors (Lipinski definition) is 0. The lowest BCUT2D eigenvalue weighted by Gasteiger charge is -2.45. The maximum atomic E-state index is 4.90. The third-order valence-electron chi connectivity index (χ3n) is 9.67. The van der Waals surface area contributed by atoms with Gasteiger partial charge in [0.15, 0.2) is 8.07 Å². The molecular weight excluding hydrogens is 589 g/mol. The van der Waals surface area contributed by atoms with E-state index in [1.165, 1.54) is 43.2 Å². The molecule has 4 nitrogen and oxygen atoms in total. The number of aryl methyl sites for hydroxylation is 2. The molecule has 47 heavy (non-hydrogen) atoms. The minimum Gasteiger partial charge on any atom is -0.311 e. The summed E-state index contributed by atoms with van der Waals surface area (Å²) in [5, 5.41) is 6.71. The van der Waals surface area contributed by atoms with Crippen LogP contribution in [0.5, 0.6) is 0 Å². The van der Waals surface area contributed by atoms with Crippen LogP contribution in [0.2, 0.25) is 0 Å². The molecular formula is C42H32N4Si. The Balaban J connectivity index is 1.37. The zero-order valence-electron chi connectivity index (χ0n) is 26.3. The zero-order chi connectivity index (χ0) is 31.5. The molecule has 0 fully saturated rings. The van der Waals surface area contributed by atoms with Crippen molar-refractivity contribution in [3.63, 3.8) is 0 Å².